The number of alkyl halides is 3. The van der Waals surface area contributed by atoms with E-state index in [1.54, 1.807) is 0 Å². The zero-order valence-electron chi connectivity index (χ0n) is 11.7. The average molecular weight is 277 g/mol. The molecule has 0 amide bonds. The van der Waals surface area contributed by atoms with Gasteiger partial charge in [-0.15, -0.1) is 0 Å². The molecule has 0 fully saturated rings. The molecular weight excluding hydrogens is 255 g/mol. The van der Waals surface area contributed by atoms with Crippen LogP contribution in [-0.2, 0) is 6.54 Å². The molecule has 110 valence electrons. The van der Waals surface area contributed by atoms with E-state index in [2.05, 4.69) is 24.1 Å². The number of rotatable bonds is 7. The predicted octanol–water partition coefficient (Wildman–Crippen LogP) is 3.99. The molecule has 1 rings (SSSR count). The molecule has 0 saturated heterocycles. The average Bonchev–Trinajstić information content (AvgIpc) is 2.61. The standard InChI is InChI=1S/C13H22F3N3/c1-10(2)8-17-12-18-11(3)9-19(12)7-5-4-6-13(14,15)16/h9-10H,4-8H2,1-3H3,(H,17,18). The Labute approximate surface area is 112 Å². The van der Waals surface area contributed by atoms with E-state index in [9.17, 15) is 13.2 Å². The van der Waals surface area contributed by atoms with E-state index < -0.39 is 12.6 Å². The largest absolute Gasteiger partial charge is 0.389 e. The molecule has 0 bridgehead atoms. The van der Waals surface area contributed by atoms with E-state index in [1.807, 2.05) is 17.7 Å². The molecule has 0 unspecified atom stereocenters. The van der Waals surface area contributed by atoms with Crippen LogP contribution in [0, 0.1) is 12.8 Å². The highest BCUT2D eigenvalue weighted by Gasteiger charge is 2.25. The molecule has 0 aliphatic rings. The third-order valence-corrected chi connectivity index (χ3v) is 2.67. The van der Waals surface area contributed by atoms with E-state index in [1.165, 1.54) is 0 Å². The van der Waals surface area contributed by atoms with Crippen LogP contribution in [0.4, 0.5) is 19.1 Å². The summed E-state index contributed by atoms with van der Waals surface area (Å²) in [6, 6.07) is 0. The Kier molecular flexibility index (Phi) is 5.69. The van der Waals surface area contributed by atoms with Gasteiger partial charge >= 0.3 is 6.18 Å². The van der Waals surface area contributed by atoms with Gasteiger partial charge in [0.2, 0.25) is 5.95 Å². The van der Waals surface area contributed by atoms with Gasteiger partial charge < -0.3 is 9.88 Å². The van der Waals surface area contributed by atoms with Crippen molar-refractivity contribution in [2.24, 2.45) is 5.92 Å². The summed E-state index contributed by atoms with van der Waals surface area (Å²) < 4.78 is 38.0. The molecular formula is C13H22F3N3. The topological polar surface area (TPSA) is 29.9 Å². The minimum atomic E-state index is -4.05. The molecule has 0 spiro atoms. The third kappa shape index (κ3) is 6.50. The molecule has 19 heavy (non-hydrogen) atoms. The van der Waals surface area contributed by atoms with Crippen LogP contribution in [0.3, 0.4) is 0 Å². The molecule has 0 aliphatic carbocycles. The molecule has 1 heterocycles. The van der Waals surface area contributed by atoms with Gasteiger partial charge in [-0.05, 0) is 25.7 Å². The van der Waals surface area contributed by atoms with Crippen LogP contribution >= 0.6 is 0 Å². The summed E-state index contributed by atoms with van der Waals surface area (Å²) in [5.41, 5.74) is 0.877. The molecule has 3 nitrogen and oxygen atoms in total. The van der Waals surface area contributed by atoms with Crippen molar-refractivity contribution in [1.29, 1.82) is 0 Å². The zero-order valence-corrected chi connectivity index (χ0v) is 11.7. The quantitative estimate of drug-likeness (QED) is 0.764. The number of aromatic nitrogens is 2. The Morgan fingerprint density at radius 1 is 1.32 bits per heavy atom. The number of nitrogens with zero attached hydrogens (tertiary/aromatic N) is 2. The first kappa shape index (κ1) is 15.9. The smallest absolute Gasteiger partial charge is 0.355 e. The van der Waals surface area contributed by atoms with Crippen LogP contribution in [0.1, 0.15) is 38.8 Å². The van der Waals surface area contributed by atoms with E-state index in [4.69, 9.17) is 0 Å². The minimum Gasteiger partial charge on any atom is -0.355 e. The van der Waals surface area contributed by atoms with Crippen LogP contribution in [-0.4, -0.2) is 22.3 Å². The van der Waals surface area contributed by atoms with Crippen molar-refractivity contribution >= 4 is 5.95 Å². The normalized spacial score (nSPS) is 12.2. The Balaban J connectivity index is 2.44. The van der Waals surface area contributed by atoms with Gasteiger partial charge in [-0.1, -0.05) is 13.8 Å². The Morgan fingerprint density at radius 2 is 2.00 bits per heavy atom. The van der Waals surface area contributed by atoms with Crippen LogP contribution in [0.5, 0.6) is 0 Å². The number of imidazole rings is 1. The maximum atomic E-state index is 12.0. The van der Waals surface area contributed by atoms with Crippen LogP contribution < -0.4 is 5.32 Å². The zero-order chi connectivity index (χ0) is 14.5. The number of halogens is 3. The van der Waals surface area contributed by atoms with Gasteiger partial charge in [0.1, 0.15) is 0 Å². The molecule has 0 saturated carbocycles. The first-order valence-corrected chi connectivity index (χ1v) is 6.62. The number of hydrogen-bond acceptors (Lipinski definition) is 2. The van der Waals surface area contributed by atoms with Crippen molar-refractivity contribution in [2.75, 3.05) is 11.9 Å². The van der Waals surface area contributed by atoms with E-state index in [0.717, 1.165) is 18.2 Å². The van der Waals surface area contributed by atoms with Crippen molar-refractivity contribution < 1.29 is 13.2 Å². The van der Waals surface area contributed by atoms with Crippen molar-refractivity contribution in [2.45, 2.75) is 52.8 Å². The second kappa shape index (κ2) is 6.82. The SMILES string of the molecule is Cc1cn(CCCCC(F)(F)F)c(NCC(C)C)n1. The summed E-state index contributed by atoms with van der Waals surface area (Å²) in [4.78, 5) is 4.34. The van der Waals surface area contributed by atoms with Crippen molar-refractivity contribution in [1.82, 2.24) is 9.55 Å². The van der Waals surface area contributed by atoms with E-state index in [-0.39, 0.29) is 6.42 Å². The molecule has 6 heteroatoms. The lowest BCUT2D eigenvalue weighted by atomic mass is 10.2. The van der Waals surface area contributed by atoms with Crippen LogP contribution in [0.15, 0.2) is 6.20 Å². The van der Waals surface area contributed by atoms with Crippen molar-refractivity contribution in [3.05, 3.63) is 11.9 Å². The van der Waals surface area contributed by atoms with Gasteiger partial charge in [-0.2, -0.15) is 13.2 Å². The first-order valence-electron chi connectivity index (χ1n) is 6.62. The molecule has 1 aromatic heterocycles. The second-order valence-electron chi connectivity index (χ2n) is 5.25. The molecule has 0 aromatic carbocycles. The third-order valence-electron chi connectivity index (χ3n) is 2.67. The number of aryl methyl sites for hydroxylation is 2. The fourth-order valence-corrected chi connectivity index (χ4v) is 1.76. The lowest BCUT2D eigenvalue weighted by molar-refractivity contribution is -0.135. The summed E-state index contributed by atoms with van der Waals surface area (Å²) >= 11 is 0. The molecule has 1 aromatic rings. The number of anilines is 1. The summed E-state index contributed by atoms with van der Waals surface area (Å²) in [7, 11) is 0. The van der Waals surface area contributed by atoms with Crippen molar-refractivity contribution in [3.8, 4) is 0 Å². The summed E-state index contributed by atoms with van der Waals surface area (Å²) in [6.07, 6.45) is -2.23. The highest BCUT2D eigenvalue weighted by Crippen LogP contribution is 2.22. The first-order chi connectivity index (χ1) is 8.78. The second-order valence-corrected chi connectivity index (χ2v) is 5.25. The van der Waals surface area contributed by atoms with Gasteiger partial charge in [-0.3, -0.25) is 0 Å². The lowest BCUT2D eigenvalue weighted by Gasteiger charge is -2.11. The van der Waals surface area contributed by atoms with E-state index in [0.29, 0.717) is 18.9 Å². The van der Waals surface area contributed by atoms with Crippen molar-refractivity contribution in [3.63, 3.8) is 0 Å². The van der Waals surface area contributed by atoms with Gasteiger partial charge in [0.15, 0.2) is 0 Å². The van der Waals surface area contributed by atoms with Gasteiger partial charge in [0.05, 0.1) is 5.69 Å². The molecule has 0 radical (unpaired) electrons. The highest BCUT2D eigenvalue weighted by atomic mass is 19.4. The Hall–Kier alpha value is -1.20. The molecule has 0 atom stereocenters. The van der Waals surface area contributed by atoms with E-state index >= 15 is 0 Å². The number of unbranched alkanes of at least 4 members (excludes halogenated alkanes) is 1. The summed E-state index contributed by atoms with van der Waals surface area (Å²) in [5.74, 6) is 1.24. The van der Waals surface area contributed by atoms with Gasteiger partial charge in [-0.25, -0.2) is 4.98 Å². The number of nitrogens with one attached hydrogen (secondary N) is 1. The maximum Gasteiger partial charge on any atom is 0.389 e. The molecule has 1 N–H and O–H groups in total. The summed E-state index contributed by atoms with van der Waals surface area (Å²) in [5, 5.41) is 3.22. The Bertz CT molecular complexity index is 383. The monoisotopic (exact) mass is 277 g/mol. The predicted molar refractivity (Wildman–Crippen MR) is 70.2 cm³/mol. The molecule has 0 aliphatic heterocycles. The lowest BCUT2D eigenvalue weighted by Crippen LogP contribution is -2.13. The fraction of sp³-hybridized carbons (Fsp3) is 0.769. The number of hydrogen-bond donors (Lipinski definition) is 1. The minimum absolute atomic E-state index is 0.157. The van der Waals surface area contributed by atoms with Crippen LogP contribution in [0.25, 0.3) is 0 Å². The fourth-order valence-electron chi connectivity index (χ4n) is 1.76. The maximum absolute atomic E-state index is 12.0. The van der Waals surface area contributed by atoms with Crippen LogP contribution in [0.2, 0.25) is 0 Å². The Morgan fingerprint density at radius 3 is 2.58 bits per heavy atom. The highest BCUT2D eigenvalue weighted by molar-refractivity contribution is 5.28. The van der Waals surface area contributed by atoms with Gasteiger partial charge in [0.25, 0.3) is 0 Å². The summed E-state index contributed by atoms with van der Waals surface area (Å²) in [6.45, 7) is 7.44. The van der Waals surface area contributed by atoms with Gasteiger partial charge in [0, 0.05) is 25.7 Å².